The van der Waals surface area contributed by atoms with Crippen LogP contribution in [-0.4, -0.2) is 45.2 Å². The lowest BCUT2D eigenvalue weighted by Crippen LogP contribution is -2.42. The second-order valence-electron chi connectivity index (χ2n) is 7.38. The van der Waals surface area contributed by atoms with Gasteiger partial charge in [-0.25, -0.2) is 8.91 Å². The van der Waals surface area contributed by atoms with E-state index in [2.05, 4.69) is 20.3 Å². The number of amides is 1. The fourth-order valence-electron chi connectivity index (χ4n) is 3.71. The number of likely N-dealkylation sites (tertiary alicyclic amines) is 1. The second-order valence-corrected chi connectivity index (χ2v) is 7.38. The van der Waals surface area contributed by atoms with Gasteiger partial charge >= 0.3 is 0 Å². The third-order valence-corrected chi connectivity index (χ3v) is 5.30. The smallest absolute Gasteiger partial charge is 0.247 e. The Hall–Kier alpha value is -3.40. The lowest BCUT2D eigenvalue weighted by Gasteiger charge is -2.32. The first-order chi connectivity index (χ1) is 14.5. The van der Waals surface area contributed by atoms with Gasteiger partial charge in [-0.1, -0.05) is 0 Å². The van der Waals surface area contributed by atoms with Gasteiger partial charge in [0.25, 0.3) is 0 Å². The van der Waals surface area contributed by atoms with Crippen molar-refractivity contribution in [3.05, 3.63) is 48.2 Å². The molecule has 30 heavy (non-hydrogen) atoms. The molecule has 1 fully saturated rings. The molecule has 0 radical (unpaired) electrons. The summed E-state index contributed by atoms with van der Waals surface area (Å²) in [5.41, 5.74) is 7.55. The minimum atomic E-state index is -1.23. The zero-order valence-electron chi connectivity index (χ0n) is 16.3. The lowest BCUT2D eigenvalue weighted by atomic mass is 9.96. The number of nitrogen functional groups attached to an aromatic ring is 1. The van der Waals surface area contributed by atoms with E-state index in [0.717, 1.165) is 31.5 Å². The van der Waals surface area contributed by atoms with Crippen LogP contribution in [0.15, 0.2) is 36.8 Å². The molecule has 4 rings (SSSR count). The van der Waals surface area contributed by atoms with E-state index in [0.29, 0.717) is 30.2 Å². The summed E-state index contributed by atoms with van der Waals surface area (Å²) in [4.78, 5) is 17.0. The van der Waals surface area contributed by atoms with Crippen LogP contribution in [0.3, 0.4) is 0 Å². The molecule has 1 aliphatic heterocycles. The van der Waals surface area contributed by atoms with Crippen LogP contribution in [-0.2, 0) is 6.54 Å². The Labute approximate surface area is 172 Å². The minimum absolute atomic E-state index is 0.0400. The highest BCUT2D eigenvalue weighted by Crippen LogP contribution is 2.30. The van der Waals surface area contributed by atoms with Gasteiger partial charge in [0.1, 0.15) is 17.9 Å². The Morgan fingerprint density at radius 3 is 2.87 bits per heavy atom. The number of halogens is 1. The number of ether oxygens (including phenoxy) is 1. The van der Waals surface area contributed by atoms with Gasteiger partial charge in [0, 0.05) is 31.0 Å². The molecular formula is C20H22FN6O3-. The van der Waals surface area contributed by atoms with Crippen molar-refractivity contribution in [1.29, 1.82) is 0 Å². The number of carbonyl (C=O) groups is 1. The van der Waals surface area contributed by atoms with Gasteiger partial charge in [0.05, 0.1) is 0 Å². The molecule has 1 saturated heterocycles. The standard InChI is InChI=1S/C20H23FN6O3/c21-16-9-15(22)1-2-17(16)30-19-18-14(5-8-27(18)25-12-24-19)11-26-6-3-13(4-7-26)10-23-20(28)29/h1-2,5,8-9,12-13,23H,3-4,6-7,10-11,22H2,(H,28,29)/p-1. The number of nitrogens with one attached hydrogen (secondary N) is 1. The molecule has 1 aromatic carbocycles. The van der Waals surface area contributed by atoms with Gasteiger partial charge in [0.2, 0.25) is 5.88 Å². The number of piperidine rings is 1. The van der Waals surface area contributed by atoms with E-state index < -0.39 is 11.9 Å². The maximum absolute atomic E-state index is 14.2. The number of rotatable bonds is 6. The highest BCUT2D eigenvalue weighted by molar-refractivity contribution is 5.63. The molecular weight excluding hydrogens is 391 g/mol. The molecule has 1 aliphatic rings. The van der Waals surface area contributed by atoms with Crippen LogP contribution in [0.5, 0.6) is 11.6 Å². The molecule has 0 atom stereocenters. The van der Waals surface area contributed by atoms with Crippen molar-refractivity contribution >= 4 is 17.3 Å². The first-order valence-electron chi connectivity index (χ1n) is 9.71. The third-order valence-electron chi connectivity index (χ3n) is 5.30. The molecule has 10 heteroatoms. The van der Waals surface area contributed by atoms with Gasteiger partial charge < -0.3 is 25.7 Å². The summed E-state index contributed by atoms with van der Waals surface area (Å²) in [6.45, 7) is 2.76. The van der Waals surface area contributed by atoms with E-state index in [-0.39, 0.29) is 11.6 Å². The van der Waals surface area contributed by atoms with E-state index in [1.807, 2.05) is 12.3 Å². The van der Waals surface area contributed by atoms with Gasteiger partial charge in [0.15, 0.2) is 11.6 Å². The Kier molecular flexibility index (Phi) is 5.66. The van der Waals surface area contributed by atoms with Crippen molar-refractivity contribution in [2.75, 3.05) is 25.4 Å². The number of fused-ring (bicyclic) bond motifs is 1. The van der Waals surface area contributed by atoms with Crippen LogP contribution in [0.25, 0.3) is 5.52 Å². The molecule has 0 saturated carbocycles. The van der Waals surface area contributed by atoms with Crippen molar-refractivity contribution < 1.29 is 19.0 Å². The number of hydrogen-bond acceptors (Lipinski definition) is 7. The Bertz CT molecular complexity index is 1050. The van der Waals surface area contributed by atoms with Crippen LogP contribution in [0, 0.1) is 11.7 Å². The average Bonchev–Trinajstić information content (AvgIpc) is 3.13. The molecule has 0 spiro atoms. The Morgan fingerprint density at radius 2 is 2.13 bits per heavy atom. The fraction of sp³-hybridized carbons (Fsp3) is 0.350. The van der Waals surface area contributed by atoms with Gasteiger partial charge in [-0.05, 0) is 55.6 Å². The fourth-order valence-corrected chi connectivity index (χ4v) is 3.71. The number of aromatic nitrogens is 3. The van der Waals surface area contributed by atoms with Crippen molar-refractivity contribution in [2.24, 2.45) is 5.92 Å². The van der Waals surface area contributed by atoms with Gasteiger partial charge in [-0.2, -0.15) is 10.1 Å². The highest BCUT2D eigenvalue weighted by atomic mass is 19.1. The number of carboxylic acid groups (broad SMARTS) is 1. The predicted molar refractivity (Wildman–Crippen MR) is 105 cm³/mol. The number of nitrogens with two attached hydrogens (primary N) is 1. The van der Waals surface area contributed by atoms with E-state index >= 15 is 0 Å². The Balaban J connectivity index is 1.48. The SMILES string of the molecule is Nc1ccc(Oc2ncnn3ccc(CN4CCC(CNC(=O)[O-])CC4)c23)c(F)c1. The summed E-state index contributed by atoms with van der Waals surface area (Å²) < 4.78 is 21.6. The molecule has 158 valence electrons. The summed E-state index contributed by atoms with van der Waals surface area (Å²) in [5, 5.41) is 17.1. The summed E-state index contributed by atoms with van der Waals surface area (Å²) >= 11 is 0. The van der Waals surface area contributed by atoms with Crippen molar-refractivity contribution in [3.63, 3.8) is 0 Å². The van der Waals surface area contributed by atoms with E-state index in [4.69, 9.17) is 10.5 Å². The van der Waals surface area contributed by atoms with Crippen molar-refractivity contribution in [1.82, 2.24) is 24.8 Å². The van der Waals surface area contributed by atoms with Crippen molar-refractivity contribution in [3.8, 4) is 11.6 Å². The minimum Gasteiger partial charge on any atom is -0.530 e. The van der Waals surface area contributed by atoms with Crippen molar-refractivity contribution in [2.45, 2.75) is 19.4 Å². The van der Waals surface area contributed by atoms with Crippen LogP contribution >= 0.6 is 0 Å². The van der Waals surface area contributed by atoms with Crippen LogP contribution in [0.2, 0.25) is 0 Å². The quantitative estimate of drug-likeness (QED) is 0.586. The molecule has 9 nitrogen and oxygen atoms in total. The topological polar surface area (TPSA) is 121 Å². The number of hydrogen-bond donors (Lipinski definition) is 2. The molecule has 3 heterocycles. The predicted octanol–water partition coefficient (Wildman–Crippen LogP) is 1.39. The maximum atomic E-state index is 14.2. The number of nitrogens with zero attached hydrogens (tertiary/aromatic N) is 4. The molecule has 1 amide bonds. The maximum Gasteiger partial charge on any atom is 0.247 e. The number of benzene rings is 1. The molecule has 0 aliphatic carbocycles. The van der Waals surface area contributed by atoms with Crippen LogP contribution < -0.4 is 20.9 Å². The number of anilines is 1. The largest absolute Gasteiger partial charge is 0.530 e. The summed E-state index contributed by atoms with van der Waals surface area (Å²) in [6.07, 6.45) is 3.72. The summed E-state index contributed by atoms with van der Waals surface area (Å²) in [7, 11) is 0. The molecule has 0 bridgehead atoms. The molecule has 3 N–H and O–H groups in total. The van der Waals surface area contributed by atoms with Crippen LogP contribution in [0.1, 0.15) is 18.4 Å². The van der Waals surface area contributed by atoms with E-state index in [9.17, 15) is 14.3 Å². The zero-order valence-corrected chi connectivity index (χ0v) is 16.3. The second kappa shape index (κ2) is 8.54. The number of carbonyl (C=O) groups excluding carboxylic acids is 1. The van der Waals surface area contributed by atoms with Crippen LogP contribution in [0.4, 0.5) is 14.9 Å². The monoisotopic (exact) mass is 413 g/mol. The molecule has 3 aromatic rings. The van der Waals surface area contributed by atoms with Gasteiger partial charge in [-0.3, -0.25) is 4.90 Å². The highest BCUT2D eigenvalue weighted by Gasteiger charge is 2.21. The van der Waals surface area contributed by atoms with E-state index in [1.165, 1.54) is 18.5 Å². The summed E-state index contributed by atoms with van der Waals surface area (Å²) in [6, 6.07) is 6.18. The van der Waals surface area contributed by atoms with Gasteiger partial charge in [-0.15, -0.1) is 0 Å². The average molecular weight is 413 g/mol. The molecule has 2 aromatic heterocycles. The molecule has 0 unspecified atom stereocenters. The lowest BCUT2D eigenvalue weighted by molar-refractivity contribution is -0.251. The van der Waals surface area contributed by atoms with E-state index in [1.54, 1.807) is 10.6 Å². The third kappa shape index (κ3) is 4.43. The first-order valence-corrected chi connectivity index (χ1v) is 9.71. The normalized spacial score (nSPS) is 15.4. The Morgan fingerprint density at radius 1 is 1.33 bits per heavy atom. The summed E-state index contributed by atoms with van der Waals surface area (Å²) in [5.74, 6) is 0.0488. The zero-order chi connectivity index (χ0) is 21.1. The first kappa shape index (κ1) is 19.9.